The summed E-state index contributed by atoms with van der Waals surface area (Å²) in [5.41, 5.74) is 0.988. The SMILES string of the molecule is CC1CCCC1NC(=O)CNc1ccccc1. The number of para-hydroxylation sites is 1. The van der Waals surface area contributed by atoms with Gasteiger partial charge in [0.1, 0.15) is 0 Å². The van der Waals surface area contributed by atoms with Crippen molar-refractivity contribution in [2.24, 2.45) is 5.92 Å². The van der Waals surface area contributed by atoms with E-state index in [2.05, 4.69) is 17.6 Å². The molecular weight excluding hydrogens is 212 g/mol. The van der Waals surface area contributed by atoms with Gasteiger partial charge in [-0.1, -0.05) is 31.5 Å². The van der Waals surface area contributed by atoms with Crippen LogP contribution in [0.2, 0.25) is 0 Å². The molecule has 3 heteroatoms. The molecule has 2 atom stereocenters. The third-order valence-electron chi connectivity index (χ3n) is 3.43. The predicted molar refractivity (Wildman–Crippen MR) is 69.9 cm³/mol. The topological polar surface area (TPSA) is 41.1 Å². The van der Waals surface area contributed by atoms with Crippen LogP contribution in [0.25, 0.3) is 0 Å². The second-order valence-electron chi connectivity index (χ2n) is 4.80. The Labute approximate surface area is 103 Å². The van der Waals surface area contributed by atoms with E-state index in [9.17, 15) is 4.79 Å². The van der Waals surface area contributed by atoms with Crippen LogP contribution >= 0.6 is 0 Å². The first-order chi connectivity index (χ1) is 8.25. The summed E-state index contributed by atoms with van der Waals surface area (Å²) in [6.45, 7) is 2.57. The molecule has 2 N–H and O–H groups in total. The third kappa shape index (κ3) is 3.48. The Kier molecular flexibility index (Phi) is 4.02. The minimum absolute atomic E-state index is 0.0904. The van der Waals surface area contributed by atoms with Gasteiger partial charge in [0.15, 0.2) is 0 Å². The molecule has 1 saturated carbocycles. The zero-order valence-corrected chi connectivity index (χ0v) is 10.3. The first kappa shape index (κ1) is 12.0. The number of carbonyl (C=O) groups is 1. The van der Waals surface area contributed by atoms with E-state index in [0.717, 1.165) is 12.1 Å². The summed E-state index contributed by atoms with van der Waals surface area (Å²) in [5.74, 6) is 0.711. The molecule has 0 aromatic heterocycles. The molecule has 1 fully saturated rings. The van der Waals surface area contributed by atoms with Gasteiger partial charge in [0.2, 0.25) is 5.91 Å². The van der Waals surface area contributed by atoms with Gasteiger partial charge in [0, 0.05) is 11.7 Å². The lowest BCUT2D eigenvalue weighted by atomic mass is 10.1. The van der Waals surface area contributed by atoms with Crippen LogP contribution in [-0.4, -0.2) is 18.5 Å². The second-order valence-corrected chi connectivity index (χ2v) is 4.80. The summed E-state index contributed by atoms with van der Waals surface area (Å²) < 4.78 is 0. The smallest absolute Gasteiger partial charge is 0.239 e. The molecule has 0 bridgehead atoms. The first-order valence-corrected chi connectivity index (χ1v) is 6.34. The van der Waals surface area contributed by atoms with Crippen molar-refractivity contribution in [1.29, 1.82) is 0 Å². The van der Waals surface area contributed by atoms with E-state index in [-0.39, 0.29) is 5.91 Å². The minimum atomic E-state index is 0.0904. The third-order valence-corrected chi connectivity index (χ3v) is 3.43. The van der Waals surface area contributed by atoms with Gasteiger partial charge in [0.05, 0.1) is 6.54 Å². The molecule has 1 aromatic carbocycles. The first-order valence-electron chi connectivity index (χ1n) is 6.34. The van der Waals surface area contributed by atoms with E-state index < -0.39 is 0 Å². The molecule has 2 unspecified atom stereocenters. The maximum atomic E-state index is 11.7. The second kappa shape index (κ2) is 5.71. The lowest BCUT2D eigenvalue weighted by Crippen LogP contribution is -2.39. The highest BCUT2D eigenvalue weighted by Crippen LogP contribution is 2.24. The number of benzene rings is 1. The Morgan fingerprint density at radius 1 is 1.29 bits per heavy atom. The molecule has 1 amide bonds. The van der Waals surface area contributed by atoms with Gasteiger partial charge in [-0.15, -0.1) is 0 Å². The van der Waals surface area contributed by atoms with E-state index in [0.29, 0.717) is 18.5 Å². The fraction of sp³-hybridized carbons (Fsp3) is 0.500. The number of nitrogens with one attached hydrogen (secondary N) is 2. The molecule has 92 valence electrons. The van der Waals surface area contributed by atoms with E-state index in [4.69, 9.17) is 0 Å². The quantitative estimate of drug-likeness (QED) is 0.837. The average Bonchev–Trinajstić information content (AvgIpc) is 2.74. The van der Waals surface area contributed by atoms with Gasteiger partial charge >= 0.3 is 0 Å². The van der Waals surface area contributed by atoms with E-state index in [1.807, 2.05) is 30.3 Å². The van der Waals surface area contributed by atoms with Crippen molar-refractivity contribution in [3.63, 3.8) is 0 Å². The molecule has 2 rings (SSSR count). The summed E-state index contributed by atoms with van der Waals surface area (Å²) in [6.07, 6.45) is 3.59. The van der Waals surface area contributed by atoms with E-state index >= 15 is 0 Å². The lowest BCUT2D eigenvalue weighted by Gasteiger charge is -2.17. The van der Waals surface area contributed by atoms with Crippen LogP contribution in [0, 0.1) is 5.92 Å². The maximum absolute atomic E-state index is 11.7. The molecule has 3 nitrogen and oxygen atoms in total. The van der Waals surface area contributed by atoms with Crippen LogP contribution in [0.4, 0.5) is 5.69 Å². The zero-order valence-electron chi connectivity index (χ0n) is 10.3. The predicted octanol–water partition coefficient (Wildman–Crippen LogP) is 2.40. The molecule has 0 radical (unpaired) electrons. The molecular formula is C14H20N2O. The van der Waals surface area contributed by atoms with Gasteiger partial charge in [0.25, 0.3) is 0 Å². The van der Waals surface area contributed by atoms with Crippen LogP contribution < -0.4 is 10.6 Å². The van der Waals surface area contributed by atoms with Gasteiger partial charge in [-0.3, -0.25) is 4.79 Å². The summed E-state index contributed by atoms with van der Waals surface area (Å²) >= 11 is 0. The van der Waals surface area contributed by atoms with Gasteiger partial charge in [-0.05, 0) is 30.9 Å². The normalized spacial score (nSPS) is 23.4. The molecule has 1 aromatic rings. The standard InChI is InChI=1S/C14H20N2O/c1-11-6-5-9-13(11)16-14(17)10-15-12-7-3-2-4-8-12/h2-4,7-8,11,13,15H,5-6,9-10H2,1H3,(H,16,17). The summed E-state index contributed by atoms with van der Waals surface area (Å²) in [6, 6.07) is 10.2. The number of hydrogen-bond acceptors (Lipinski definition) is 2. The molecule has 0 spiro atoms. The Bertz CT molecular complexity index is 364. The van der Waals surface area contributed by atoms with Crippen molar-refractivity contribution >= 4 is 11.6 Å². The van der Waals surface area contributed by atoms with Gasteiger partial charge in [-0.2, -0.15) is 0 Å². The van der Waals surface area contributed by atoms with Gasteiger partial charge in [-0.25, -0.2) is 0 Å². The summed E-state index contributed by atoms with van der Waals surface area (Å²) in [4.78, 5) is 11.7. The maximum Gasteiger partial charge on any atom is 0.239 e. The number of carbonyl (C=O) groups excluding carboxylic acids is 1. The number of hydrogen-bond donors (Lipinski definition) is 2. The Balaban J connectivity index is 1.74. The fourth-order valence-electron chi connectivity index (χ4n) is 2.36. The van der Waals surface area contributed by atoms with Crippen molar-refractivity contribution in [2.45, 2.75) is 32.2 Å². The number of anilines is 1. The van der Waals surface area contributed by atoms with Crippen LogP contribution in [0.1, 0.15) is 26.2 Å². The molecule has 17 heavy (non-hydrogen) atoms. The molecule has 1 aliphatic carbocycles. The van der Waals surface area contributed by atoms with Crippen LogP contribution in [0.3, 0.4) is 0 Å². The fourth-order valence-corrected chi connectivity index (χ4v) is 2.36. The highest BCUT2D eigenvalue weighted by Gasteiger charge is 2.24. The molecule has 0 heterocycles. The van der Waals surface area contributed by atoms with Crippen molar-refractivity contribution < 1.29 is 4.79 Å². The number of amides is 1. The molecule has 0 aliphatic heterocycles. The minimum Gasteiger partial charge on any atom is -0.376 e. The van der Waals surface area contributed by atoms with Crippen LogP contribution in [-0.2, 0) is 4.79 Å². The van der Waals surface area contributed by atoms with E-state index in [1.54, 1.807) is 0 Å². The zero-order chi connectivity index (χ0) is 12.1. The van der Waals surface area contributed by atoms with Crippen LogP contribution in [0.15, 0.2) is 30.3 Å². The van der Waals surface area contributed by atoms with Gasteiger partial charge < -0.3 is 10.6 Å². The van der Waals surface area contributed by atoms with Crippen LogP contribution in [0.5, 0.6) is 0 Å². The van der Waals surface area contributed by atoms with Crippen molar-refractivity contribution in [1.82, 2.24) is 5.32 Å². The van der Waals surface area contributed by atoms with Crippen molar-refractivity contribution in [3.05, 3.63) is 30.3 Å². The van der Waals surface area contributed by atoms with E-state index in [1.165, 1.54) is 12.8 Å². The Morgan fingerprint density at radius 2 is 2.06 bits per heavy atom. The summed E-state index contributed by atoms with van der Waals surface area (Å²) in [7, 11) is 0. The van der Waals surface area contributed by atoms with Crippen molar-refractivity contribution in [3.8, 4) is 0 Å². The highest BCUT2D eigenvalue weighted by molar-refractivity contribution is 5.81. The Hall–Kier alpha value is -1.51. The molecule has 0 saturated heterocycles. The average molecular weight is 232 g/mol. The largest absolute Gasteiger partial charge is 0.376 e. The highest BCUT2D eigenvalue weighted by atomic mass is 16.1. The summed E-state index contributed by atoms with van der Waals surface area (Å²) in [5, 5.41) is 6.22. The Morgan fingerprint density at radius 3 is 2.71 bits per heavy atom. The van der Waals surface area contributed by atoms with Crippen molar-refractivity contribution in [2.75, 3.05) is 11.9 Å². The monoisotopic (exact) mass is 232 g/mol. The number of rotatable bonds is 4. The molecule has 1 aliphatic rings. The lowest BCUT2D eigenvalue weighted by molar-refractivity contribution is -0.120.